The largest absolute Gasteiger partial charge is 0.395 e. The molecule has 114 valence electrons. The molecular formula is C14H16FNO4S. The van der Waals surface area contributed by atoms with Gasteiger partial charge in [0, 0.05) is 18.2 Å². The summed E-state index contributed by atoms with van der Waals surface area (Å²) in [4.78, 5) is -0.419. The molecule has 0 heterocycles. The Labute approximate surface area is 123 Å². The van der Waals surface area contributed by atoms with Gasteiger partial charge in [-0.2, -0.15) is 4.31 Å². The zero-order valence-corrected chi connectivity index (χ0v) is 12.1. The summed E-state index contributed by atoms with van der Waals surface area (Å²) in [6, 6.07) is 3.43. The minimum atomic E-state index is -3.97. The van der Waals surface area contributed by atoms with Gasteiger partial charge in [-0.25, -0.2) is 12.8 Å². The van der Waals surface area contributed by atoms with E-state index in [0.717, 1.165) is 23.2 Å². The Morgan fingerprint density at radius 3 is 2.57 bits per heavy atom. The van der Waals surface area contributed by atoms with Crippen LogP contribution in [0.5, 0.6) is 0 Å². The number of nitrogens with zero attached hydrogens (tertiary/aromatic N) is 1. The van der Waals surface area contributed by atoms with Gasteiger partial charge in [0.2, 0.25) is 10.0 Å². The molecule has 1 aromatic rings. The highest BCUT2D eigenvalue weighted by molar-refractivity contribution is 7.89. The van der Waals surface area contributed by atoms with Gasteiger partial charge in [-0.1, -0.05) is 11.8 Å². The van der Waals surface area contributed by atoms with E-state index < -0.39 is 20.7 Å². The molecule has 1 aliphatic carbocycles. The van der Waals surface area contributed by atoms with Crippen LogP contribution < -0.4 is 0 Å². The first-order valence-corrected chi connectivity index (χ1v) is 7.96. The van der Waals surface area contributed by atoms with Gasteiger partial charge in [0.25, 0.3) is 0 Å². The van der Waals surface area contributed by atoms with Gasteiger partial charge in [-0.3, -0.25) is 0 Å². The van der Waals surface area contributed by atoms with Gasteiger partial charge in [0.1, 0.15) is 17.3 Å². The van der Waals surface area contributed by atoms with E-state index in [0.29, 0.717) is 5.56 Å². The van der Waals surface area contributed by atoms with E-state index in [1.807, 2.05) is 0 Å². The Hall–Kier alpha value is -1.46. The molecule has 0 spiro atoms. The van der Waals surface area contributed by atoms with Crippen LogP contribution in [-0.2, 0) is 10.0 Å². The Bertz CT molecular complexity index is 674. The second-order valence-electron chi connectivity index (χ2n) is 4.68. The van der Waals surface area contributed by atoms with Gasteiger partial charge in [0.15, 0.2) is 0 Å². The number of halogens is 1. The van der Waals surface area contributed by atoms with Crippen LogP contribution >= 0.6 is 0 Å². The quantitative estimate of drug-likeness (QED) is 0.767. The van der Waals surface area contributed by atoms with Crippen molar-refractivity contribution in [3.05, 3.63) is 29.6 Å². The minimum absolute atomic E-state index is 0.0431. The van der Waals surface area contributed by atoms with Gasteiger partial charge in [0.05, 0.1) is 6.61 Å². The second kappa shape index (κ2) is 6.54. The van der Waals surface area contributed by atoms with Gasteiger partial charge < -0.3 is 10.2 Å². The molecule has 0 amide bonds. The van der Waals surface area contributed by atoms with Crippen LogP contribution in [0.2, 0.25) is 0 Å². The second-order valence-corrected chi connectivity index (χ2v) is 6.53. The van der Waals surface area contributed by atoms with E-state index in [2.05, 4.69) is 11.8 Å². The van der Waals surface area contributed by atoms with E-state index >= 15 is 0 Å². The summed E-state index contributed by atoms with van der Waals surface area (Å²) in [5.74, 6) is 4.00. The van der Waals surface area contributed by atoms with Crippen LogP contribution in [0.3, 0.4) is 0 Å². The molecule has 1 aliphatic rings. The molecule has 1 aromatic carbocycles. The maximum Gasteiger partial charge on any atom is 0.246 e. The highest BCUT2D eigenvalue weighted by atomic mass is 32.2. The molecule has 5 nitrogen and oxygen atoms in total. The van der Waals surface area contributed by atoms with Crippen LogP contribution in [0.4, 0.5) is 4.39 Å². The molecule has 0 aliphatic heterocycles. The normalized spacial score (nSPS) is 14.9. The van der Waals surface area contributed by atoms with E-state index in [1.54, 1.807) is 0 Å². The maximum absolute atomic E-state index is 14.1. The first-order valence-electron chi connectivity index (χ1n) is 6.52. The number of hydrogen-bond donors (Lipinski definition) is 2. The van der Waals surface area contributed by atoms with Crippen molar-refractivity contribution < 1.29 is 23.0 Å². The lowest BCUT2D eigenvalue weighted by atomic mass is 10.2. The fourth-order valence-corrected chi connectivity index (χ4v) is 3.74. The summed E-state index contributed by atoms with van der Waals surface area (Å²) in [7, 11) is -3.97. The molecule has 1 fully saturated rings. The van der Waals surface area contributed by atoms with E-state index in [-0.39, 0.29) is 25.8 Å². The van der Waals surface area contributed by atoms with Crippen LogP contribution in [0.15, 0.2) is 23.1 Å². The third-order valence-electron chi connectivity index (χ3n) is 3.10. The lowest BCUT2D eigenvalue weighted by Gasteiger charge is -2.21. The predicted molar refractivity (Wildman–Crippen MR) is 74.4 cm³/mol. The standard InChI is InChI=1S/C14H16FNO4S/c15-13-10-11(2-1-8-17)3-6-14(13)21(19,20)16(7-9-18)12-4-5-12/h3,6,10,12,17-18H,4-5,7-9H2. The number of benzene rings is 1. The molecule has 2 rings (SSSR count). The molecule has 0 bridgehead atoms. The van der Waals surface area contributed by atoms with Gasteiger partial charge >= 0.3 is 0 Å². The highest BCUT2D eigenvalue weighted by Crippen LogP contribution is 2.32. The Balaban J connectivity index is 2.35. The lowest BCUT2D eigenvalue weighted by molar-refractivity contribution is 0.250. The summed E-state index contributed by atoms with van der Waals surface area (Å²) < 4.78 is 40.1. The van der Waals surface area contributed by atoms with Crippen molar-refractivity contribution in [3.8, 4) is 11.8 Å². The maximum atomic E-state index is 14.1. The van der Waals surface area contributed by atoms with Crippen LogP contribution in [0, 0.1) is 17.7 Å². The molecule has 0 radical (unpaired) electrons. The smallest absolute Gasteiger partial charge is 0.246 e. The zero-order valence-electron chi connectivity index (χ0n) is 11.3. The van der Waals surface area contributed by atoms with Crippen molar-refractivity contribution in [1.29, 1.82) is 0 Å². The average molecular weight is 313 g/mol. The third kappa shape index (κ3) is 3.60. The molecule has 21 heavy (non-hydrogen) atoms. The molecule has 0 unspecified atom stereocenters. The minimum Gasteiger partial charge on any atom is -0.395 e. The Morgan fingerprint density at radius 2 is 2.05 bits per heavy atom. The summed E-state index contributed by atoms with van der Waals surface area (Å²) in [5, 5.41) is 17.6. The summed E-state index contributed by atoms with van der Waals surface area (Å²) >= 11 is 0. The van der Waals surface area contributed by atoms with Crippen molar-refractivity contribution in [3.63, 3.8) is 0 Å². The Morgan fingerprint density at radius 1 is 1.33 bits per heavy atom. The van der Waals surface area contributed by atoms with Gasteiger partial charge in [-0.05, 0) is 31.0 Å². The lowest BCUT2D eigenvalue weighted by Crippen LogP contribution is -2.36. The third-order valence-corrected chi connectivity index (χ3v) is 5.09. The van der Waals surface area contributed by atoms with Crippen molar-refractivity contribution in [2.24, 2.45) is 0 Å². The van der Waals surface area contributed by atoms with E-state index in [4.69, 9.17) is 10.2 Å². The molecule has 0 saturated heterocycles. The summed E-state index contributed by atoms with van der Waals surface area (Å²) in [6.07, 6.45) is 1.45. The zero-order chi connectivity index (χ0) is 15.5. The molecule has 0 aromatic heterocycles. The first-order chi connectivity index (χ1) is 10.0. The van der Waals surface area contributed by atoms with E-state index in [9.17, 15) is 12.8 Å². The fraction of sp³-hybridized carbons (Fsp3) is 0.429. The molecule has 1 saturated carbocycles. The van der Waals surface area contributed by atoms with Crippen molar-refractivity contribution in [1.82, 2.24) is 4.31 Å². The van der Waals surface area contributed by atoms with Crippen molar-refractivity contribution >= 4 is 10.0 Å². The summed E-state index contributed by atoms with van der Waals surface area (Å²) in [5.41, 5.74) is 0.292. The summed E-state index contributed by atoms with van der Waals surface area (Å²) in [6.45, 7) is -0.705. The predicted octanol–water partition coefficient (Wildman–Crippen LogP) is 0.315. The van der Waals surface area contributed by atoms with E-state index in [1.165, 1.54) is 12.1 Å². The molecular weight excluding hydrogens is 297 g/mol. The average Bonchev–Trinajstić information content (AvgIpc) is 3.26. The topological polar surface area (TPSA) is 77.8 Å². The number of sulfonamides is 1. The molecule has 7 heteroatoms. The number of aliphatic hydroxyl groups excluding tert-OH is 2. The SMILES string of the molecule is O=S(=O)(c1ccc(C#CCO)cc1F)N(CCO)C1CC1. The number of hydrogen-bond acceptors (Lipinski definition) is 4. The fourth-order valence-electron chi connectivity index (χ4n) is 2.02. The Kier molecular flexibility index (Phi) is 4.96. The first kappa shape index (κ1) is 15.9. The van der Waals surface area contributed by atoms with Gasteiger partial charge in [-0.15, -0.1) is 0 Å². The van der Waals surface area contributed by atoms with Crippen molar-refractivity contribution in [2.75, 3.05) is 19.8 Å². The highest BCUT2D eigenvalue weighted by Gasteiger charge is 2.38. The molecule has 0 atom stereocenters. The number of rotatable bonds is 5. The monoisotopic (exact) mass is 313 g/mol. The van der Waals surface area contributed by atoms with Crippen LogP contribution in [-0.4, -0.2) is 48.7 Å². The van der Waals surface area contributed by atoms with Crippen molar-refractivity contribution in [2.45, 2.75) is 23.8 Å². The van der Waals surface area contributed by atoms with Crippen LogP contribution in [0.25, 0.3) is 0 Å². The van der Waals surface area contributed by atoms with Crippen LogP contribution in [0.1, 0.15) is 18.4 Å². The number of aliphatic hydroxyl groups is 2. The molecule has 2 N–H and O–H groups in total.